The molecule has 0 bridgehead atoms. The summed E-state index contributed by atoms with van der Waals surface area (Å²) < 4.78 is 5.49. The molecule has 0 radical (unpaired) electrons. The number of carbonyl (C=O) groups excluding carboxylic acids is 1. The van der Waals surface area contributed by atoms with Gasteiger partial charge in [-0.05, 0) is 16.8 Å². The van der Waals surface area contributed by atoms with E-state index in [9.17, 15) is 9.59 Å². The monoisotopic (exact) mass is 294 g/mol. The molecule has 110 valence electrons. The second-order valence-electron chi connectivity index (χ2n) is 5.02. The summed E-state index contributed by atoms with van der Waals surface area (Å²) in [5.41, 5.74) is 0. The summed E-state index contributed by atoms with van der Waals surface area (Å²) in [6.45, 7) is 0. The fourth-order valence-electron chi connectivity index (χ4n) is 2.46. The van der Waals surface area contributed by atoms with Crippen molar-refractivity contribution in [1.82, 2.24) is 0 Å². The van der Waals surface area contributed by atoms with E-state index in [4.69, 9.17) is 9.84 Å². The molecule has 0 aliphatic carbocycles. The predicted octanol–water partition coefficient (Wildman–Crippen LogP) is 3.76. The van der Waals surface area contributed by atoms with Crippen LogP contribution in [0.2, 0.25) is 0 Å². The molecule has 0 saturated carbocycles. The van der Waals surface area contributed by atoms with Gasteiger partial charge in [0.1, 0.15) is 5.75 Å². The smallest absolute Gasteiger partial charge is 0.311 e. The van der Waals surface area contributed by atoms with E-state index < -0.39 is 11.9 Å². The van der Waals surface area contributed by atoms with Crippen LogP contribution in [0.3, 0.4) is 0 Å². The second-order valence-corrected chi connectivity index (χ2v) is 5.02. The highest BCUT2D eigenvalue weighted by Crippen LogP contribution is 2.35. The summed E-state index contributed by atoms with van der Waals surface area (Å²) in [4.78, 5) is 22.5. The fourth-order valence-corrected chi connectivity index (χ4v) is 2.46. The number of fused-ring (bicyclic) bond motifs is 2. The van der Waals surface area contributed by atoms with E-state index >= 15 is 0 Å². The number of aliphatic carboxylic acids is 1. The molecule has 3 aromatic carbocycles. The first-order valence-corrected chi connectivity index (χ1v) is 6.98. The summed E-state index contributed by atoms with van der Waals surface area (Å²) in [6, 6.07) is 17.3. The van der Waals surface area contributed by atoms with Gasteiger partial charge in [0.15, 0.2) is 0 Å². The second kappa shape index (κ2) is 5.85. The van der Waals surface area contributed by atoms with Gasteiger partial charge in [-0.3, -0.25) is 9.59 Å². The van der Waals surface area contributed by atoms with Gasteiger partial charge in [-0.1, -0.05) is 48.5 Å². The third-order valence-electron chi connectivity index (χ3n) is 3.48. The summed E-state index contributed by atoms with van der Waals surface area (Å²) in [5.74, 6) is -1.06. The van der Waals surface area contributed by atoms with Gasteiger partial charge in [0, 0.05) is 10.8 Å². The molecule has 0 saturated heterocycles. The first-order valence-electron chi connectivity index (χ1n) is 6.98. The predicted molar refractivity (Wildman–Crippen MR) is 84.0 cm³/mol. The lowest BCUT2D eigenvalue weighted by atomic mass is 10.0. The van der Waals surface area contributed by atoms with Gasteiger partial charge in [-0.25, -0.2) is 0 Å². The molecule has 0 atom stereocenters. The largest absolute Gasteiger partial charge is 0.481 e. The summed E-state index contributed by atoms with van der Waals surface area (Å²) in [6.07, 6.45) is -0.381. The van der Waals surface area contributed by atoms with E-state index in [0.717, 1.165) is 21.5 Å². The molecule has 3 rings (SSSR count). The third-order valence-corrected chi connectivity index (χ3v) is 3.48. The van der Waals surface area contributed by atoms with Crippen LogP contribution in [-0.2, 0) is 9.59 Å². The summed E-state index contributed by atoms with van der Waals surface area (Å²) >= 11 is 0. The Hall–Kier alpha value is -2.88. The Morgan fingerprint density at radius 2 is 1.41 bits per heavy atom. The first-order chi connectivity index (χ1) is 10.6. The molecule has 4 heteroatoms. The van der Waals surface area contributed by atoms with Crippen molar-refractivity contribution in [3.8, 4) is 5.75 Å². The van der Waals surface area contributed by atoms with Gasteiger partial charge in [0.05, 0.1) is 12.8 Å². The molecule has 0 spiro atoms. The fraction of sp³-hybridized carbons (Fsp3) is 0.111. The van der Waals surface area contributed by atoms with Gasteiger partial charge in [-0.15, -0.1) is 0 Å². The molecule has 0 heterocycles. The van der Waals surface area contributed by atoms with E-state index in [1.54, 1.807) is 0 Å². The Morgan fingerprint density at radius 3 is 1.95 bits per heavy atom. The topological polar surface area (TPSA) is 63.6 Å². The van der Waals surface area contributed by atoms with Gasteiger partial charge in [-0.2, -0.15) is 0 Å². The number of ether oxygens (including phenoxy) is 1. The Morgan fingerprint density at radius 1 is 0.864 bits per heavy atom. The highest BCUT2D eigenvalue weighted by molar-refractivity contribution is 6.06. The average molecular weight is 294 g/mol. The number of hydrogen-bond acceptors (Lipinski definition) is 3. The normalized spacial score (nSPS) is 10.7. The van der Waals surface area contributed by atoms with Crippen LogP contribution >= 0.6 is 0 Å². The molecule has 22 heavy (non-hydrogen) atoms. The molecule has 1 N–H and O–H groups in total. The molecule has 0 aliphatic heterocycles. The highest BCUT2D eigenvalue weighted by atomic mass is 16.5. The maximum atomic E-state index is 11.9. The number of carbonyl (C=O) groups is 2. The maximum absolute atomic E-state index is 11.9. The van der Waals surface area contributed by atoms with Crippen LogP contribution in [0.1, 0.15) is 12.8 Å². The van der Waals surface area contributed by atoms with Crippen LogP contribution in [0.25, 0.3) is 21.5 Å². The van der Waals surface area contributed by atoms with E-state index in [0.29, 0.717) is 5.75 Å². The molecular weight excluding hydrogens is 280 g/mol. The van der Waals surface area contributed by atoms with Crippen molar-refractivity contribution in [2.24, 2.45) is 0 Å². The molecule has 3 aromatic rings. The molecule has 0 fully saturated rings. The van der Waals surface area contributed by atoms with E-state index in [1.165, 1.54) is 0 Å². The minimum absolute atomic E-state index is 0.146. The van der Waals surface area contributed by atoms with Crippen LogP contribution in [-0.4, -0.2) is 17.0 Å². The van der Waals surface area contributed by atoms with Crippen molar-refractivity contribution >= 4 is 33.5 Å². The lowest BCUT2D eigenvalue weighted by Crippen LogP contribution is -2.10. The summed E-state index contributed by atoms with van der Waals surface area (Å²) in [5, 5.41) is 12.3. The van der Waals surface area contributed by atoms with Crippen molar-refractivity contribution < 1.29 is 19.4 Å². The number of rotatable bonds is 4. The van der Waals surface area contributed by atoms with Gasteiger partial charge < -0.3 is 9.84 Å². The zero-order chi connectivity index (χ0) is 15.5. The average Bonchev–Trinajstić information content (AvgIpc) is 2.52. The number of carboxylic acid groups (broad SMARTS) is 1. The molecule has 0 amide bonds. The van der Waals surface area contributed by atoms with Crippen LogP contribution in [0, 0.1) is 0 Å². The maximum Gasteiger partial charge on any atom is 0.311 e. The minimum atomic E-state index is -1.01. The Labute approximate surface area is 126 Å². The van der Waals surface area contributed by atoms with Crippen LogP contribution < -0.4 is 4.74 Å². The van der Waals surface area contributed by atoms with Crippen molar-refractivity contribution in [2.75, 3.05) is 0 Å². The van der Waals surface area contributed by atoms with Gasteiger partial charge in [0.2, 0.25) is 0 Å². The summed E-state index contributed by atoms with van der Waals surface area (Å²) in [7, 11) is 0. The standard InChI is InChI=1S/C18H14O4/c19-16(20)9-10-17(21)22-18-14-7-3-1-5-12(14)11-13-6-2-4-8-15(13)18/h1-8,11H,9-10H2,(H,19,20). The van der Waals surface area contributed by atoms with Crippen LogP contribution in [0.4, 0.5) is 0 Å². The van der Waals surface area contributed by atoms with E-state index in [-0.39, 0.29) is 12.8 Å². The lowest BCUT2D eigenvalue weighted by Gasteiger charge is -2.11. The van der Waals surface area contributed by atoms with Crippen LogP contribution in [0.15, 0.2) is 54.6 Å². The van der Waals surface area contributed by atoms with Gasteiger partial charge >= 0.3 is 11.9 Å². The van der Waals surface area contributed by atoms with E-state index in [1.807, 2.05) is 54.6 Å². The van der Waals surface area contributed by atoms with Crippen molar-refractivity contribution in [3.63, 3.8) is 0 Å². The molecule has 0 unspecified atom stereocenters. The zero-order valence-corrected chi connectivity index (χ0v) is 11.8. The third kappa shape index (κ3) is 2.76. The number of esters is 1. The van der Waals surface area contributed by atoms with E-state index in [2.05, 4.69) is 0 Å². The lowest BCUT2D eigenvalue weighted by molar-refractivity contribution is -0.142. The number of hydrogen-bond donors (Lipinski definition) is 1. The van der Waals surface area contributed by atoms with Gasteiger partial charge in [0.25, 0.3) is 0 Å². The molecule has 4 nitrogen and oxygen atoms in total. The first kappa shape index (κ1) is 14.1. The van der Waals surface area contributed by atoms with Crippen molar-refractivity contribution in [1.29, 1.82) is 0 Å². The number of carboxylic acids is 1. The SMILES string of the molecule is O=C(O)CCC(=O)Oc1c2ccccc2cc2ccccc12. The molecular formula is C18H14O4. The Kier molecular flexibility index (Phi) is 3.74. The zero-order valence-electron chi connectivity index (χ0n) is 11.8. The van der Waals surface area contributed by atoms with Crippen molar-refractivity contribution in [3.05, 3.63) is 54.6 Å². The molecule has 0 aliphatic rings. The highest BCUT2D eigenvalue weighted by Gasteiger charge is 2.13. The van der Waals surface area contributed by atoms with Crippen molar-refractivity contribution in [2.45, 2.75) is 12.8 Å². The Balaban J connectivity index is 2.08. The van der Waals surface area contributed by atoms with Crippen LogP contribution in [0.5, 0.6) is 5.75 Å². The number of benzene rings is 3. The molecule has 0 aromatic heterocycles. The quantitative estimate of drug-likeness (QED) is 0.452. The minimum Gasteiger partial charge on any atom is -0.481 e. The Bertz CT molecular complexity index is 813.